The van der Waals surface area contributed by atoms with Crippen LogP contribution in [0.1, 0.15) is 18.9 Å². The maximum Gasteiger partial charge on any atom is 0.404 e. The second kappa shape index (κ2) is 7.60. The number of hydrogen-bond acceptors (Lipinski definition) is 5. The van der Waals surface area contributed by atoms with E-state index < -0.39 is 6.09 Å². The molecule has 0 aliphatic heterocycles. The van der Waals surface area contributed by atoms with Crippen molar-refractivity contribution in [3.05, 3.63) is 29.8 Å². The van der Waals surface area contributed by atoms with E-state index in [1.807, 2.05) is 19.1 Å². The van der Waals surface area contributed by atoms with E-state index in [1.54, 1.807) is 12.1 Å². The van der Waals surface area contributed by atoms with E-state index in [2.05, 4.69) is 5.32 Å². The Kier molecular flexibility index (Phi) is 6.11. The molecule has 106 valence electrons. The minimum Gasteiger partial charge on any atom is -0.508 e. The number of nitrogens with one attached hydrogen (secondary N) is 1. The first-order valence-electron chi connectivity index (χ1n) is 6.24. The number of nitrogens with two attached hydrogens (primary N) is 2. The Balaban J connectivity index is 2.61. The van der Waals surface area contributed by atoms with Gasteiger partial charge in [-0.15, -0.1) is 0 Å². The molecule has 0 saturated carbocycles. The number of phenolic OH excluding ortho intramolecular Hbond substituents is 1. The molecule has 19 heavy (non-hydrogen) atoms. The summed E-state index contributed by atoms with van der Waals surface area (Å²) in [5.74, 6) is 0.217. The van der Waals surface area contributed by atoms with Crippen LogP contribution >= 0.6 is 0 Å². The van der Waals surface area contributed by atoms with Gasteiger partial charge in [-0.05, 0) is 12.5 Å². The number of amides is 1. The Morgan fingerprint density at radius 3 is 2.68 bits per heavy atom. The summed E-state index contributed by atoms with van der Waals surface area (Å²) >= 11 is 0. The third kappa shape index (κ3) is 4.76. The van der Waals surface area contributed by atoms with Crippen LogP contribution in [0.5, 0.6) is 5.75 Å². The monoisotopic (exact) mass is 267 g/mol. The number of benzene rings is 1. The quantitative estimate of drug-likeness (QED) is 0.580. The van der Waals surface area contributed by atoms with Gasteiger partial charge in [-0.3, -0.25) is 0 Å². The molecule has 0 fully saturated rings. The molecular formula is C13H21N3O3. The summed E-state index contributed by atoms with van der Waals surface area (Å²) in [6.07, 6.45) is -0.582. The SMILES string of the molecule is CCC(OC(N)=O)C(CN)NCc1ccccc1O. The maximum atomic E-state index is 10.8. The maximum absolute atomic E-state index is 10.8. The van der Waals surface area contributed by atoms with Crippen molar-refractivity contribution in [1.29, 1.82) is 0 Å². The molecule has 0 heterocycles. The van der Waals surface area contributed by atoms with Crippen LogP contribution in [0.15, 0.2) is 24.3 Å². The smallest absolute Gasteiger partial charge is 0.404 e. The standard InChI is InChI=1S/C13H21N3O3/c1-2-12(19-13(15)18)10(7-14)16-8-9-5-3-4-6-11(9)17/h3-6,10,12,16-17H,2,7-8,14H2,1H3,(H2,15,18). The lowest BCUT2D eigenvalue weighted by atomic mass is 10.1. The molecule has 0 aliphatic rings. The van der Waals surface area contributed by atoms with Crippen LogP contribution in [-0.4, -0.2) is 29.9 Å². The lowest BCUT2D eigenvalue weighted by Crippen LogP contribution is -2.47. The number of primary amides is 1. The van der Waals surface area contributed by atoms with E-state index in [0.29, 0.717) is 19.5 Å². The number of aromatic hydroxyl groups is 1. The molecule has 0 aromatic heterocycles. The second-order valence-electron chi connectivity index (χ2n) is 4.24. The summed E-state index contributed by atoms with van der Waals surface area (Å²) in [5, 5.41) is 12.8. The summed E-state index contributed by atoms with van der Waals surface area (Å²) in [6.45, 7) is 2.63. The summed E-state index contributed by atoms with van der Waals surface area (Å²) in [4.78, 5) is 10.8. The van der Waals surface area contributed by atoms with Crippen LogP contribution in [-0.2, 0) is 11.3 Å². The largest absolute Gasteiger partial charge is 0.508 e. The average Bonchev–Trinajstić information content (AvgIpc) is 2.39. The predicted molar refractivity (Wildman–Crippen MR) is 72.5 cm³/mol. The number of para-hydroxylation sites is 1. The molecule has 1 amide bonds. The van der Waals surface area contributed by atoms with Gasteiger partial charge in [-0.2, -0.15) is 0 Å². The van der Waals surface area contributed by atoms with Crippen molar-refractivity contribution in [2.75, 3.05) is 6.54 Å². The van der Waals surface area contributed by atoms with Gasteiger partial charge in [-0.1, -0.05) is 25.1 Å². The van der Waals surface area contributed by atoms with E-state index in [1.165, 1.54) is 0 Å². The fourth-order valence-corrected chi connectivity index (χ4v) is 1.87. The van der Waals surface area contributed by atoms with Gasteiger partial charge in [0.15, 0.2) is 0 Å². The highest BCUT2D eigenvalue weighted by atomic mass is 16.6. The van der Waals surface area contributed by atoms with Crippen molar-refractivity contribution in [3.63, 3.8) is 0 Å². The van der Waals surface area contributed by atoms with Crippen LogP contribution in [0.3, 0.4) is 0 Å². The molecule has 1 rings (SSSR count). The molecule has 6 heteroatoms. The molecule has 0 bridgehead atoms. The Bertz CT molecular complexity index is 412. The fourth-order valence-electron chi connectivity index (χ4n) is 1.87. The van der Waals surface area contributed by atoms with Crippen LogP contribution in [0.4, 0.5) is 4.79 Å². The molecular weight excluding hydrogens is 246 g/mol. The molecule has 2 atom stereocenters. The minimum atomic E-state index is -0.811. The number of hydrogen-bond donors (Lipinski definition) is 4. The molecule has 1 aromatic rings. The minimum absolute atomic E-state index is 0.211. The zero-order valence-corrected chi connectivity index (χ0v) is 11.0. The van der Waals surface area contributed by atoms with Crippen LogP contribution < -0.4 is 16.8 Å². The van der Waals surface area contributed by atoms with Gasteiger partial charge in [0, 0.05) is 18.7 Å². The Hall–Kier alpha value is -1.79. The lowest BCUT2D eigenvalue weighted by molar-refractivity contribution is 0.0798. The van der Waals surface area contributed by atoms with E-state index in [9.17, 15) is 9.90 Å². The Morgan fingerprint density at radius 2 is 2.16 bits per heavy atom. The lowest BCUT2D eigenvalue weighted by Gasteiger charge is -2.25. The van der Waals surface area contributed by atoms with E-state index >= 15 is 0 Å². The van der Waals surface area contributed by atoms with Crippen molar-refractivity contribution in [1.82, 2.24) is 5.32 Å². The first-order valence-corrected chi connectivity index (χ1v) is 6.24. The van der Waals surface area contributed by atoms with Crippen molar-refractivity contribution in [2.24, 2.45) is 11.5 Å². The number of rotatable bonds is 7. The average molecular weight is 267 g/mol. The number of carbonyl (C=O) groups excluding carboxylic acids is 1. The predicted octanol–water partition coefficient (Wildman–Crippen LogP) is 0.683. The Labute approximate surface area is 112 Å². The zero-order valence-electron chi connectivity index (χ0n) is 11.0. The number of phenols is 1. The summed E-state index contributed by atoms with van der Waals surface area (Å²) < 4.78 is 5.01. The van der Waals surface area contributed by atoms with E-state index in [4.69, 9.17) is 16.2 Å². The van der Waals surface area contributed by atoms with Gasteiger partial charge in [0.25, 0.3) is 0 Å². The molecule has 0 spiro atoms. The van der Waals surface area contributed by atoms with E-state index in [0.717, 1.165) is 5.56 Å². The zero-order chi connectivity index (χ0) is 14.3. The summed E-state index contributed by atoms with van der Waals surface area (Å²) in [5.41, 5.74) is 11.5. The van der Waals surface area contributed by atoms with Gasteiger partial charge in [0.1, 0.15) is 11.9 Å². The normalized spacial score (nSPS) is 13.8. The molecule has 2 unspecified atom stereocenters. The molecule has 0 saturated heterocycles. The summed E-state index contributed by atoms with van der Waals surface area (Å²) in [7, 11) is 0. The number of carbonyl (C=O) groups is 1. The molecule has 0 radical (unpaired) electrons. The van der Waals surface area contributed by atoms with Crippen molar-refractivity contribution in [3.8, 4) is 5.75 Å². The number of ether oxygens (including phenoxy) is 1. The topological polar surface area (TPSA) is 111 Å². The Morgan fingerprint density at radius 1 is 1.47 bits per heavy atom. The first-order chi connectivity index (χ1) is 9.08. The highest BCUT2D eigenvalue weighted by Gasteiger charge is 2.21. The highest BCUT2D eigenvalue weighted by Crippen LogP contribution is 2.15. The first kappa shape index (κ1) is 15.3. The van der Waals surface area contributed by atoms with Crippen LogP contribution in [0.2, 0.25) is 0 Å². The van der Waals surface area contributed by atoms with Crippen molar-refractivity contribution in [2.45, 2.75) is 32.0 Å². The van der Waals surface area contributed by atoms with Gasteiger partial charge in [-0.25, -0.2) is 4.79 Å². The van der Waals surface area contributed by atoms with Crippen LogP contribution in [0, 0.1) is 0 Å². The van der Waals surface area contributed by atoms with E-state index in [-0.39, 0.29) is 17.9 Å². The summed E-state index contributed by atoms with van der Waals surface area (Å²) in [6, 6.07) is 6.81. The third-order valence-corrected chi connectivity index (χ3v) is 2.92. The molecule has 6 nitrogen and oxygen atoms in total. The van der Waals surface area contributed by atoms with Gasteiger partial charge >= 0.3 is 6.09 Å². The van der Waals surface area contributed by atoms with Crippen LogP contribution in [0.25, 0.3) is 0 Å². The third-order valence-electron chi connectivity index (χ3n) is 2.92. The molecule has 6 N–H and O–H groups in total. The highest BCUT2D eigenvalue weighted by molar-refractivity contribution is 5.64. The fraction of sp³-hybridized carbons (Fsp3) is 0.462. The van der Waals surface area contributed by atoms with Crippen molar-refractivity contribution >= 4 is 6.09 Å². The van der Waals surface area contributed by atoms with Gasteiger partial charge < -0.3 is 26.6 Å². The van der Waals surface area contributed by atoms with Crippen molar-refractivity contribution < 1.29 is 14.6 Å². The van der Waals surface area contributed by atoms with Gasteiger partial charge in [0.05, 0.1) is 6.04 Å². The molecule has 1 aromatic carbocycles. The molecule has 0 aliphatic carbocycles. The second-order valence-corrected chi connectivity index (χ2v) is 4.24. The van der Waals surface area contributed by atoms with Gasteiger partial charge in [0.2, 0.25) is 0 Å².